The number of fused-ring (bicyclic) bond motifs is 1. The van der Waals surface area contributed by atoms with Gasteiger partial charge in [-0.3, -0.25) is 4.79 Å². The van der Waals surface area contributed by atoms with Crippen LogP contribution in [0.5, 0.6) is 5.75 Å². The molecule has 3 aromatic rings. The number of phenolic OH excluding ortho intramolecular Hbond substituents is 1. The van der Waals surface area contributed by atoms with E-state index in [-0.39, 0.29) is 17.9 Å². The van der Waals surface area contributed by atoms with Crippen LogP contribution in [-0.4, -0.2) is 21.8 Å². The van der Waals surface area contributed by atoms with E-state index in [4.69, 9.17) is 5.26 Å². The number of rotatable bonds is 4. The average molecular weight is 318 g/mol. The van der Waals surface area contributed by atoms with Gasteiger partial charge in [0.2, 0.25) is 0 Å². The van der Waals surface area contributed by atoms with Gasteiger partial charge in [0.15, 0.2) is 0 Å². The first-order chi connectivity index (χ1) is 11.7. The third-order valence-corrected chi connectivity index (χ3v) is 3.58. The van der Waals surface area contributed by atoms with Gasteiger partial charge in [-0.15, -0.1) is 0 Å². The molecule has 0 saturated heterocycles. The topological polar surface area (TPSA) is 90.4 Å². The molecule has 0 aliphatic rings. The number of amides is 1. The molecule has 118 valence electrons. The minimum absolute atomic E-state index is 0.101. The largest absolute Gasteiger partial charge is 0.507 e. The number of para-hydroxylation sites is 2. The Labute approximate surface area is 138 Å². The molecule has 0 unspecified atom stereocenters. The summed E-state index contributed by atoms with van der Waals surface area (Å²) in [7, 11) is 0. The van der Waals surface area contributed by atoms with E-state index in [9.17, 15) is 9.90 Å². The number of aromatic hydroxyl groups is 1. The zero-order valence-corrected chi connectivity index (χ0v) is 12.7. The van der Waals surface area contributed by atoms with Gasteiger partial charge in [0.25, 0.3) is 5.91 Å². The average Bonchev–Trinajstić information content (AvgIpc) is 2.94. The molecular weight excluding hydrogens is 304 g/mol. The summed E-state index contributed by atoms with van der Waals surface area (Å²) in [6, 6.07) is 16.0. The maximum absolute atomic E-state index is 12.0. The molecule has 3 rings (SSSR count). The molecule has 0 fully saturated rings. The molecular formula is C18H14N4O2. The SMILES string of the molecule is N#CCn1cc(C=NNC(=O)c2ccccc2O)c2ccccc21. The molecule has 6 nitrogen and oxygen atoms in total. The number of aromatic nitrogens is 1. The molecule has 2 aromatic carbocycles. The van der Waals surface area contributed by atoms with E-state index < -0.39 is 5.91 Å². The number of phenols is 1. The Morgan fingerprint density at radius 2 is 2.00 bits per heavy atom. The zero-order valence-electron chi connectivity index (χ0n) is 12.7. The standard InChI is InChI=1S/C18H14N4O2/c19-9-10-22-12-13(14-5-1-3-7-16(14)22)11-20-21-18(24)15-6-2-4-8-17(15)23/h1-8,11-12,23H,10H2,(H,21,24). The summed E-state index contributed by atoms with van der Waals surface area (Å²) in [4.78, 5) is 12.0. The lowest BCUT2D eigenvalue weighted by atomic mass is 10.2. The van der Waals surface area contributed by atoms with Crippen LogP contribution in [0.2, 0.25) is 0 Å². The first kappa shape index (κ1) is 15.3. The fourth-order valence-electron chi connectivity index (χ4n) is 2.47. The molecule has 0 aliphatic heterocycles. The van der Waals surface area contributed by atoms with Crippen LogP contribution in [0.4, 0.5) is 0 Å². The summed E-state index contributed by atoms with van der Waals surface area (Å²) in [5.41, 5.74) is 4.26. The van der Waals surface area contributed by atoms with Gasteiger partial charge in [0, 0.05) is 22.7 Å². The molecule has 0 saturated carbocycles. The maximum atomic E-state index is 12.0. The highest BCUT2D eigenvalue weighted by Crippen LogP contribution is 2.20. The molecule has 0 aliphatic carbocycles. The second kappa shape index (κ2) is 6.67. The number of hydrogen-bond acceptors (Lipinski definition) is 4. The Bertz CT molecular complexity index is 967. The normalized spacial score (nSPS) is 10.8. The van der Waals surface area contributed by atoms with Crippen LogP contribution in [0, 0.1) is 11.3 Å². The number of benzene rings is 2. The zero-order chi connectivity index (χ0) is 16.9. The Balaban J connectivity index is 1.83. The van der Waals surface area contributed by atoms with Crippen molar-refractivity contribution in [1.29, 1.82) is 5.26 Å². The predicted octanol–water partition coefficient (Wildman–Crippen LogP) is 2.63. The summed E-state index contributed by atoms with van der Waals surface area (Å²) in [6.07, 6.45) is 3.33. The van der Waals surface area contributed by atoms with Crippen LogP contribution < -0.4 is 5.43 Å². The number of hydrogen-bond donors (Lipinski definition) is 2. The van der Waals surface area contributed by atoms with Gasteiger partial charge in [0.1, 0.15) is 12.3 Å². The quantitative estimate of drug-likeness (QED) is 0.572. The highest BCUT2D eigenvalue weighted by atomic mass is 16.3. The summed E-state index contributed by atoms with van der Waals surface area (Å²) < 4.78 is 1.82. The van der Waals surface area contributed by atoms with E-state index in [1.54, 1.807) is 12.1 Å². The van der Waals surface area contributed by atoms with Gasteiger partial charge in [0.05, 0.1) is 17.8 Å². The Morgan fingerprint density at radius 3 is 2.79 bits per heavy atom. The van der Waals surface area contributed by atoms with Crippen molar-refractivity contribution >= 4 is 23.0 Å². The smallest absolute Gasteiger partial charge is 0.275 e. The molecule has 2 N–H and O–H groups in total. The number of carbonyl (C=O) groups excluding carboxylic acids is 1. The van der Waals surface area contributed by atoms with Gasteiger partial charge in [-0.1, -0.05) is 30.3 Å². The van der Waals surface area contributed by atoms with Crippen molar-refractivity contribution in [2.75, 3.05) is 0 Å². The van der Waals surface area contributed by atoms with Gasteiger partial charge in [-0.2, -0.15) is 10.4 Å². The van der Waals surface area contributed by atoms with Crippen molar-refractivity contribution in [1.82, 2.24) is 9.99 Å². The molecule has 1 aromatic heterocycles. The number of nitriles is 1. The van der Waals surface area contributed by atoms with Crippen molar-refractivity contribution in [3.05, 3.63) is 65.9 Å². The van der Waals surface area contributed by atoms with Crippen LogP contribution in [0.1, 0.15) is 15.9 Å². The van der Waals surface area contributed by atoms with Gasteiger partial charge < -0.3 is 9.67 Å². The van der Waals surface area contributed by atoms with E-state index in [1.165, 1.54) is 18.3 Å². The molecule has 6 heteroatoms. The van der Waals surface area contributed by atoms with E-state index in [0.717, 1.165) is 16.5 Å². The van der Waals surface area contributed by atoms with Crippen molar-refractivity contribution in [3.8, 4) is 11.8 Å². The molecule has 24 heavy (non-hydrogen) atoms. The summed E-state index contributed by atoms with van der Waals surface area (Å²) in [5, 5.41) is 23.4. The summed E-state index contributed by atoms with van der Waals surface area (Å²) in [5.74, 6) is -0.596. The summed E-state index contributed by atoms with van der Waals surface area (Å²) in [6.45, 7) is 0.235. The van der Waals surface area contributed by atoms with Crippen LogP contribution in [0.25, 0.3) is 10.9 Å². The first-order valence-electron chi connectivity index (χ1n) is 7.27. The molecule has 0 bridgehead atoms. The number of hydrazone groups is 1. The van der Waals surface area contributed by atoms with Crippen molar-refractivity contribution in [2.45, 2.75) is 6.54 Å². The van der Waals surface area contributed by atoms with Gasteiger partial charge >= 0.3 is 0 Å². The van der Waals surface area contributed by atoms with E-state index >= 15 is 0 Å². The lowest BCUT2D eigenvalue weighted by Gasteiger charge is -2.01. The van der Waals surface area contributed by atoms with E-state index in [1.807, 2.05) is 35.0 Å². The van der Waals surface area contributed by atoms with Crippen LogP contribution in [-0.2, 0) is 6.54 Å². The minimum Gasteiger partial charge on any atom is -0.507 e. The lowest BCUT2D eigenvalue weighted by Crippen LogP contribution is -2.17. The molecule has 0 atom stereocenters. The molecule has 1 amide bonds. The van der Waals surface area contributed by atoms with Crippen LogP contribution in [0.15, 0.2) is 59.8 Å². The minimum atomic E-state index is -0.495. The Kier molecular flexibility index (Phi) is 4.25. The first-order valence-corrected chi connectivity index (χ1v) is 7.27. The van der Waals surface area contributed by atoms with Crippen molar-refractivity contribution in [2.24, 2.45) is 5.10 Å². The fraction of sp³-hybridized carbons (Fsp3) is 0.0556. The van der Waals surface area contributed by atoms with Gasteiger partial charge in [-0.25, -0.2) is 5.43 Å². The Hall–Kier alpha value is -3.59. The lowest BCUT2D eigenvalue weighted by molar-refractivity contribution is 0.0952. The number of nitrogens with one attached hydrogen (secondary N) is 1. The van der Waals surface area contributed by atoms with Crippen molar-refractivity contribution in [3.63, 3.8) is 0 Å². The summed E-state index contributed by atoms with van der Waals surface area (Å²) >= 11 is 0. The van der Waals surface area contributed by atoms with E-state index in [2.05, 4.69) is 16.6 Å². The van der Waals surface area contributed by atoms with Crippen LogP contribution >= 0.6 is 0 Å². The second-order valence-electron chi connectivity index (χ2n) is 5.10. The third-order valence-electron chi connectivity index (χ3n) is 3.58. The Morgan fingerprint density at radius 1 is 1.25 bits per heavy atom. The molecule has 0 radical (unpaired) electrons. The molecule has 1 heterocycles. The van der Waals surface area contributed by atoms with Gasteiger partial charge in [-0.05, 0) is 18.2 Å². The van der Waals surface area contributed by atoms with E-state index in [0.29, 0.717) is 0 Å². The highest BCUT2D eigenvalue weighted by Gasteiger charge is 2.09. The predicted molar refractivity (Wildman–Crippen MR) is 90.7 cm³/mol. The third kappa shape index (κ3) is 2.96. The highest BCUT2D eigenvalue weighted by molar-refractivity contribution is 6.01. The van der Waals surface area contributed by atoms with Crippen LogP contribution in [0.3, 0.4) is 0 Å². The number of nitrogens with zero attached hydrogens (tertiary/aromatic N) is 3. The maximum Gasteiger partial charge on any atom is 0.275 e. The molecule has 0 spiro atoms. The fourth-order valence-corrected chi connectivity index (χ4v) is 2.47. The van der Waals surface area contributed by atoms with Crippen molar-refractivity contribution < 1.29 is 9.90 Å². The second-order valence-corrected chi connectivity index (χ2v) is 5.10. The monoisotopic (exact) mass is 318 g/mol. The number of carbonyl (C=O) groups is 1.